The molecule has 0 saturated heterocycles. The SMILES string of the molecule is CC1=CCCCC=CC1. The lowest BCUT2D eigenvalue weighted by atomic mass is 10.1. The van der Waals surface area contributed by atoms with Crippen LogP contribution in [0.3, 0.4) is 0 Å². The molecule has 0 aliphatic heterocycles. The molecular formula is C9H14. The van der Waals surface area contributed by atoms with Crippen LogP contribution in [0.5, 0.6) is 0 Å². The minimum Gasteiger partial charge on any atom is -0.0882 e. The highest BCUT2D eigenvalue weighted by Gasteiger charge is 1.89. The molecule has 0 aromatic heterocycles. The Balaban J connectivity index is 2.44. The van der Waals surface area contributed by atoms with Crippen molar-refractivity contribution in [1.29, 1.82) is 0 Å². The first-order valence-corrected chi connectivity index (χ1v) is 3.70. The van der Waals surface area contributed by atoms with Gasteiger partial charge in [0.2, 0.25) is 0 Å². The zero-order chi connectivity index (χ0) is 6.53. The lowest BCUT2D eigenvalue weighted by Gasteiger charge is -1.99. The summed E-state index contributed by atoms with van der Waals surface area (Å²) in [6.07, 6.45) is 11.9. The maximum Gasteiger partial charge on any atom is -0.0142 e. The van der Waals surface area contributed by atoms with Gasteiger partial charge in [-0.15, -0.1) is 0 Å². The zero-order valence-electron chi connectivity index (χ0n) is 6.06. The number of rotatable bonds is 0. The Labute approximate surface area is 57.3 Å². The van der Waals surface area contributed by atoms with Crippen LogP contribution in [0.25, 0.3) is 0 Å². The van der Waals surface area contributed by atoms with Crippen LogP contribution < -0.4 is 0 Å². The summed E-state index contributed by atoms with van der Waals surface area (Å²) in [5, 5.41) is 0. The molecule has 0 nitrogen and oxygen atoms in total. The Kier molecular flexibility index (Phi) is 2.56. The summed E-state index contributed by atoms with van der Waals surface area (Å²) in [4.78, 5) is 0. The van der Waals surface area contributed by atoms with Crippen molar-refractivity contribution >= 4 is 0 Å². The fourth-order valence-electron chi connectivity index (χ4n) is 1.05. The smallest absolute Gasteiger partial charge is 0.0142 e. The van der Waals surface area contributed by atoms with E-state index in [9.17, 15) is 0 Å². The second kappa shape index (κ2) is 3.49. The Bertz CT molecular complexity index is 129. The molecule has 0 radical (unpaired) electrons. The average Bonchev–Trinajstić information content (AvgIpc) is 1.79. The highest BCUT2D eigenvalue weighted by Crippen LogP contribution is 2.09. The molecule has 1 rings (SSSR count). The Morgan fingerprint density at radius 2 is 2.11 bits per heavy atom. The van der Waals surface area contributed by atoms with Gasteiger partial charge in [0.1, 0.15) is 0 Å². The van der Waals surface area contributed by atoms with Crippen LogP contribution in [0, 0.1) is 0 Å². The van der Waals surface area contributed by atoms with Crippen molar-refractivity contribution < 1.29 is 0 Å². The predicted octanol–water partition coefficient (Wildman–Crippen LogP) is 3.06. The van der Waals surface area contributed by atoms with Crippen LogP contribution in [0.15, 0.2) is 23.8 Å². The van der Waals surface area contributed by atoms with E-state index in [4.69, 9.17) is 0 Å². The van der Waals surface area contributed by atoms with Gasteiger partial charge >= 0.3 is 0 Å². The predicted molar refractivity (Wildman–Crippen MR) is 41.4 cm³/mol. The molecule has 0 unspecified atom stereocenters. The van der Waals surface area contributed by atoms with Gasteiger partial charge in [0.15, 0.2) is 0 Å². The fourth-order valence-corrected chi connectivity index (χ4v) is 1.05. The van der Waals surface area contributed by atoms with E-state index < -0.39 is 0 Å². The molecular weight excluding hydrogens is 108 g/mol. The Morgan fingerprint density at radius 3 is 3.00 bits per heavy atom. The van der Waals surface area contributed by atoms with Crippen LogP contribution in [0.1, 0.15) is 32.6 Å². The van der Waals surface area contributed by atoms with Crippen molar-refractivity contribution in [1.82, 2.24) is 0 Å². The van der Waals surface area contributed by atoms with E-state index in [2.05, 4.69) is 25.2 Å². The van der Waals surface area contributed by atoms with Crippen LogP contribution in [0.2, 0.25) is 0 Å². The lowest BCUT2D eigenvalue weighted by Crippen LogP contribution is -1.79. The highest BCUT2D eigenvalue weighted by atomic mass is 14.0. The number of hydrogen-bond acceptors (Lipinski definition) is 0. The molecule has 0 heterocycles. The lowest BCUT2D eigenvalue weighted by molar-refractivity contribution is 0.846. The molecule has 0 heteroatoms. The molecule has 0 N–H and O–H groups in total. The quantitative estimate of drug-likeness (QED) is 0.433. The van der Waals surface area contributed by atoms with Crippen molar-refractivity contribution in [3.8, 4) is 0 Å². The molecule has 0 bridgehead atoms. The van der Waals surface area contributed by atoms with E-state index in [1.165, 1.54) is 31.3 Å². The largest absolute Gasteiger partial charge is 0.0882 e. The fraction of sp³-hybridized carbons (Fsp3) is 0.556. The maximum atomic E-state index is 2.35. The second-order valence-corrected chi connectivity index (χ2v) is 2.66. The molecule has 1 aliphatic rings. The van der Waals surface area contributed by atoms with Gasteiger partial charge in [-0.05, 0) is 32.6 Å². The standard InChI is InChI=1S/C9H14/c1-9-7-5-3-2-4-6-8-9/h3,5,8H,2,4,6-7H2,1H3. The minimum atomic E-state index is 1.17. The molecule has 0 fully saturated rings. The van der Waals surface area contributed by atoms with Gasteiger partial charge in [-0.25, -0.2) is 0 Å². The first-order chi connectivity index (χ1) is 4.39. The topological polar surface area (TPSA) is 0 Å². The van der Waals surface area contributed by atoms with E-state index in [0.717, 1.165) is 0 Å². The monoisotopic (exact) mass is 122 g/mol. The zero-order valence-corrected chi connectivity index (χ0v) is 6.06. The minimum absolute atomic E-state index is 1.17. The summed E-state index contributed by atoms with van der Waals surface area (Å²) < 4.78 is 0. The summed E-state index contributed by atoms with van der Waals surface area (Å²) in [7, 11) is 0. The first-order valence-electron chi connectivity index (χ1n) is 3.70. The van der Waals surface area contributed by atoms with Crippen molar-refractivity contribution in [3.63, 3.8) is 0 Å². The van der Waals surface area contributed by atoms with Gasteiger partial charge in [0, 0.05) is 0 Å². The van der Waals surface area contributed by atoms with Gasteiger partial charge in [-0.2, -0.15) is 0 Å². The van der Waals surface area contributed by atoms with Crippen LogP contribution in [0.4, 0.5) is 0 Å². The molecule has 0 saturated carbocycles. The highest BCUT2D eigenvalue weighted by molar-refractivity contribution is 5.06. The van der Waals surface area contributed by atoms with Crippen LogP contribution >= 0.6 is 0 Å². The van der Waals surface area contributed by atoms with Gasteiger partial charge in [0.05, 0.1) is 0 Å². The van der Waals surface area contributed by atoms with Crippen LogP contribution in [-0.4, -0.2) is 0 Å². The molecule has 50 valence electrons. The molecule has 0 aromatic rings. The Morgan fingerprint density at radius 1 is 1.22 bits per heavy atom. The van der Waals surface area contributed by atoms with Gasteiger partial charge in [-0.1, -0.05) is 23.8 Å². The Hall–Kier alpha value is -0.520. The normalized spacial score (nSPS) is 20.3. The first kappa shape index (κ1) is 6.60. The number of hydrogen-bond donors (Lipinski definition) is 0. The van der Waals surface area contributed by atoms with Crippen molar-refractivity contribution in [2.24, 2.45) is 0 Å². The van der Waals surface area contributed by atoms with Gasteiger partial charge in [0.25, 0.3) is 0 Å². The van der Waals surface area contributed by atoms with Gasteiger partial charge < -0.3 is 0 Å². The molecule has 0 amide bonds. The van der Waals surface area contributed by atoms with E-state index in [-0.39, 0.29) is 0 Å². The van der Waals surface area contributed by atoms with Crippen molar-refractivity contribution in [2.75, 3.05) is 0 Å². The molecule has 0 atom stereocenters. The molecule has 0 spiro atoms. The summed E-state index contributed by atoms with van der Waals surface area (Å²) in [6, 6.07) is 0. The third-order valence-corrected chi connectivity index (χ3v) is 1.67. The third kappa shape index (κ3) is 2.50. The third-order valence-electron chi connectivity index (χ3n) is 1.67. The summed E-state index contributed by atoms with van der Waals surface area (Å²) >= 11 is 0. The van der Waals surface area contributed by atoms with Crippen molar-refractivity contribution in [3.05, 3.63) is 23.8 Å². The summed E-state index contributed by atoms with van der Waals surface area (Å²) in [6.45, 7) is 2.20. The van der Waals surface area contributed by atoms with Crippen LogP contribution in [-0.2, 0) is 0 Å². The van der Waals surface area contributed by atoms with E-state index in [1.54, 1.807) is 0 Å². The second-order valence-electron chi connectivity index (χ2n) is 2.66. The molecule has 1 aliphatic carbocycles. The van der Waals surface area contributed by atoms with E-state index >= 15 is 0 Å². The summed E-state index contributed by atoms with van der Waals surface area (Å²) in [5.41, 5.74) is 1.52. The van der Waals surface area contributed by atoms with Gasteiger partial charge in [-0.3, -0.25) is 0 Å². The average molecular weight is 122 g/mol. The molecule has 9 heavy (non-hydrogen) atoms. The number of allylic oxidation sites excluding steroid dienone is 4. The van der Waals surface area contributed by atoms with E-state index in [0.29, 0.717) is 0 Å². The van der Waals surface area contributed by atoms with Crippen molar-refractivity contribution in [2.45, 2.75) is 32.6 Å². The molecule has 0 aromatic carbocycles. The van der Waals surface area contributed by atoms with E-state index in [1.807, 2.05) is 0 Å². The summed E-state index contributed by atoms with van der Waals surface area (Å²) in [5.74, 6) is 0. The maximum absolute atomic E-state index is 2.35.